The number of amides is 1. The molecule has 5 nitrogen and oxygen atoms in total. The zero-order chi connectivity index (χ0) is 14.9. The number of halogens is 1. The SMILES string of the molecule is Cl.O=C(c1cnccn1)N1C[C@@H]2CNC[C@@H]2[C@@H]1c1ccccc1. The minimum absolute atomic E-state index is 0. The van der Waals surface area contributed by atoms with Crippen molar-refractivity contribution in [2.24, 2.45) is 11.8 Å². The summed E-state index contributed by atoms with van der Waals surface area (Å²) in [6.07, 6.45) is 4.72. The van der Waals surface area contributed by atoms with Gasteiger partial charge in [-0.2, -0.15) is 0 Å². The first-order valence-corrected chi connectivity index (χ1v) is 7.67. The number of likely N-dealkylation sites (tertiary alicyclic amines) is 1. The number of hydrogen-bond acceptors (Lipinski definition) is 4. The fraction of sp³-hybridized carbons (Fsp3) is 0.353. The molecule has 2 aliphatic rings. The van der Waals surface area contributed by atoms with Crippen molar-refractivity contribution in [1.29, 1.82) is 0 Å². The van der Waals surface area contributed by atoms with Gasteiger partial charge in [-0.05, 0) is 11.5 Å². The quantitative estimate of drug-likeness (QED) is 0.914. The highest BCUT2D eigenvalue weighted by molar-refractivity contribution is 5.92. The van der Waals surface area contributed by atoms with E-state index in [0.717, 1.165) is 19.6 Å². The lowest BCUT2D eigenvalue weighted by Crippen LogP contribution is -2.35. The predicted octanol–water partition coefficient (Wildman–Crippen LogP) is 1.93. The number of hydrogen-bond donors (Lipinski definition) is 1. The van der Waals surface area contributed by atoms with Gasteiger partial charge in [-0.3, -0.25) is 9.78 Å². The highest BCUT2D eigenvalue weighted by Gasteiger charge is 2.47. The van der Waals surface area contributed by atoms with Crippen molar-refractivity contribution in [3.05, 3.63) is 60.2 Å². The normalized spacial score (nSPS) is 25.7. The predicted molar refractivity (Wildman–Crippen MR) is 89.3 cm³/mol. The third-order valence-corrected chi connectivity index (χ3v) is 4.75. The Morgan fingerprint density at radius 3 is 2.74 bits per heavy atom. The molecule has 0 spiro atoms. The monoisotopic (exact) mass is 330 g/mol. The molecule has 120 valence electrons. The summed E-state index contributed by atoms with van der Waals surface area (Å²) in [5.41, 5.74) is 1.63. The largest absolute Gasteiger partial charge is 0.330 e. The molecule has 0 saturated carbocycles. The highest BCUT2D eigenvalue weighted by Crippen LogP contribution is 2.42. The van der Waals surface area contributed by atoms with E-state index >= 15 is 0 Å². The Kier molecular flexibility index (Phi) is 4.59. The van der Waals surface area contributed by atoms with Crippen molar-refractivity contribution in [3.63, 3.8) is 0 Å². The van der Waals surface area contributed by atoms with Gasteiger partial charge in [-0.25, -0.2) is 4.98 Å². The van der Waals surface area contributed by atoms with Crippen LogP contribution in [0.1, 0.15) is 22.1 Å². The fourth-order valence-corrected chi connectivity index (χ4v) is 3.76. The van der Waals surface area contributed by atoms with Gasteiger partial charge < -0.3 is 10.2 Å². The summed E-state index contributed by atoms with van der Waals surface area (Å²) in [6, 6.07) is 10.4. The minimum atomic E-state index is -0.0173. The molecule has 0 unspecified atom stereocenters. The summed E-state index contributed by atoms with van der Waals surface area (Å²) >= 11 is 0. The van der Waals surface area contributed by atoms with Gasteiger partial charge in [0.1, 0.15) is 5.69 Å². The van der Waals surface area contributed by atoms with Gasteiger partial charge in [0, 0.05) is 37.9 Å². The smallest absolute Gasteiger partial charge is 0.274 e. The molecule has 3 heterocycles. The number of aromatic nitrogens is 2. The van der Waals surface area contributed by atoms with E-state index in [0.29, 0.717) is 17.5 Å². The van der Waals surface area contributed by atoms with E-state index in [1.165, 1.54) is 5.56 Å². The van der Waals surface area contributed by atoms with Crippen molar-refractivity contribution in [2.75, 3.05) is 19.6 Å². The van der Waals surface area contributed by atoms with Crippen molar-refractivity contribution < 1.29 is 4.79 Å². The molecule has 1 aromatic heterocycles. The van der Waals surface area contributed by atoms with Crippen LogP contribution in [-0.4, -0.2) is 40.4 Å². The van der Waals surface area contributed by atoms with E-state index in [-0.39, 0.29) is 24.4 Å². The average molecular weight is 331 g/mol. The maximum absolute atomic E-state index is 12.9. The van der Waals surface area contributed by atoms with E-state index in [1.807, 2.05) is 23.1 Å². The van der Waals surface area contributed by atoms with Crippen LogP contribution in [0.5, 0.6) is 0 Å². The molecule has 4 rings (SSSR count). The van der Waals surface area contributed by atoms with E-state index in [2.05, 4.69) is 27.4 Å². The van der Waals surface area contributed by atoms with Crippen LogP contribution >= 0.6 is 12.4 Å². The second kappa shape index (κ2) is 6.64. The average Bonchev–Trinajstić information content (AvgIpc) is 3.16. The van der Waals surface area contributed by atoms with Gasteiger partial charge in [0.15, 0.2) is 0 Å². The Labute approximate surface area is 141 Å². The molecule has 2 aliphatic heterocycles. The molecule has 2 aromatic rings. The van der Waals surface area contributed by atoms with Gasteiger partial charge in [-0.1, -0.05) is 30.3 Å². The van der Waals surface area contributed by atoms with Gasteiger partial charge in [0.25, 0.3) is 5.91 Å². The van der Waals surface area contributed by atoms with E-state index in [4.69, 9.17) is 0 Å². The number of fused-ring (bicyclic) bond motifs is 1. The zero-order valence-corrected chi connectivity index (χ0v) is 13.4. The van der Waals surface area contributed by atoms with E-state index < -0.39 is 0 Å². The fourth-order valence-electron chi connectivity index (χ4n) is 3.76. The second-order valence-electron chi connectivity index (χ2n) is 5.99. The van der Waals surface area contributed by atoms with E-state index in [9.17, 15) is 4.79 Å². The summed E-state index contributed by atoms with van der Waals surface area (Å²) in [5, 5.41) is 3.46. The Morgan fingerprint density at radius 2 is 2.00 bits per heavy atom. The van der Waals surface area contributed by atoms with Gasteiger partial charge in [0.05, 0.1) is 12.2 Å². The minimum Gasteiger partial charge on any atom is -0.330 e. The molecule has 2 saturated heterocycles. The van der Waals surface area contributed by atoms with Crippen LogP contribution in [0.2, 0.25) is 0 Å². The third-order valence-electron chi connectivity index (χ3n) is 4.75. The molecule has 2 fully saturated rings. The lowest BCUT2D eigenvalue weighted by atomic mass is 9.89. The maximum atomic E-state index is 12.9. The number of nitrogens with one attached hydrogen (secondary N) is 1. The molecule has 23 heavy (non-hydrogen) atoms. The third kappa shape index (κ3) is 2.82. The molecule has 0 aliphatic carbocycles. The highest BCUT2D eigenvalue weighted by atomic mass is 35.5. The molecule has 0 bridgehead atoms. The molecule has 1 amide bonds. The number of carbonyl (C=O) groups excluding carboxylic acids is 1. The van der Waals surface area contributed by atoms with Crippen molar-refractivity contribution in [3.8, 4) is 0 Å². The van der Waals surface area contributed by atoms with Crippen molar-refractivity contribution >= 4 is 18.3 Å². The summed E-state index contributed by atoms with van der Waals surface area (Å²) < 4.78 is 0. The van der Waals surface area contributed by atoms with Crippen LogP contribution in [0, 0.1) is 11.8 Å². The Bertz CT molecular complexity index is 667. The van der Waals surface area contributed by atoms with Crippen LogP contribution in [0.25, 0.3) is 0 Å². The molecule has 1 N–H and O–H groups in total. The number of benzene rings is 1. The molecular formula is C17H19ClN4O. The summed E-state index contributed by atoms with van der Waals surface area (Å²) in [7, 11) is 0. The topological polar surface area (TPSA) is 58.1 Å². The maximum Gasteiger partial charge on any atom is 0.274 e. The molecular weight excluding hydrogens is 312 g/mol. The molecule has 6 heteroatoms. The van der Waals surface area contributed by atoms with Crippen LogP contribution < -0.4 is 5.32 Å². The Hall–Kier alpha value is -1.98. The van der Waals surface area contributed by atoms with Gasteiger partial charge >= 0.3 is 0 Å². The summed E-state index contributed by atoms with van der Waals surface area (Å²) in [5.74, 6) is 0.977. The Balaban J connectivity index is 0.00000156. The first-order valence-electron chi connectivity index (χ1n) is 7.67. The van der Waals surface area contributed by atoms with Crippen LogP contribution in [0.4, 0.5) is 0 Å². The standard InChI is InChI=1S/C17H18N4O.ClH/c22-17(15-10-18-6-7-20-15)21-11-13-8-19-9-14(13)16(21)12-4-2-1-3-5-12;/h1-7,10,13-14,16,19H,8-9,11H2;1H/t13-,14-,16-;/m0./s1. The Morgan fingerprint density at radius 1 is 1.17 bits per heavy atom. The molecule has 0 radical (unpaired) electrons. The second-order valence-corrected chi connectivity index (χ2v) is 5.99. The van der Waals surface area contributed by atoms with Crippen molar-refractivity contribution in [2.45, 2.75) is 6.04 Å². The van der Waals surface area contributed by atoms with Crippen molar-refractivity contribution in [1.82, 2.24) is 20.2 Å². The summed E-state index contributed by atoms with van der Waals surface area (Å²) in [4.78, 5) is 23.0. The van der Waals surface area contributed by atoms with Gasteiger partial charge in [0.2, 0.25) is 0 Å². The molecule has 1 aromatic carbocycles. The number of carbonyl (C=O) groups is 1. The summed E-state index contributed by atoms with van der Waals surface area (Å²) in [6.45, 7) is 2.74. The molecule has 3 atom stereocenters. The number of nitrogens with zero attached hydrogens (tertiary/aromatic N) is 3. The zero-order valence-electron chi connectivity index (χ0n) is 12.6. The lowest BCUT2D eigenvalue weighted by Gasteiger charge is -2.28. The first-order chi connectivity index (χ1) is 10.8. The van der Waals surface area contributed by atoms with Crippen LogP contribution in [-0.2, 0) is 0 Å². The van der Waals surface area contributed by atoms with Gasteiger partial charge in [-0.15, -0.1) is 12.4 Å². The van der Waals surface area contributed by atoms with Crippen LogP contribution in [0.3, 0.4) is 0 Å². The van der Waals surface area contributed by atoms with E-state index in [1.54, 1.807) is 18.6 Å². The first kappa shape index (κ1) is 15.9. The number of rotatable bonds is 2. The lowest BCUT2D eigenvalue weighted by molar-refractivity contribution is 0.0707. The van der Waals surface area contributed by atoms with Crippen LogP contribution in [0.15, 0.2) is 48.9 Å².